The average Bonchev–Trinajstić information content (AvgIpc) is 3.05. The van der Waals surface area contributed by atoms with Crippen molar-refractivity contribution in [1.29, 1.82) is 0 Å². The second-order valence-electron chi connectivity index (χ2n) is 6.29. The van der Waals surface area contributed by atoms with Crippen LogP contribution in [0.2, 0.25) is 10.0 Å². The van der Waals surface area contributed by atoms with E-state index >= 15 is 0 Å². The summed E-state index contributed by atoms with van der Waals surface area (Å²) in [5, 5.41) is 21.0. The van der Waals surface area contributed by atoms with Crippen molar-refractivity contribution < 1.29 is 5.11 Å². The summed E-state index contributed by atoms with van der Waals surface area (Å²) in [4.78, 5) is 19.7. The van der Waals surface area contributed by atoms with Crippen molar-refractivity contribution in [2.24, 2.45) is 0 Å². The fourth-order valence-corrected chi connectivity index (χ4v) is 3.07. The van der Waals surface area contributed by atoms with Gasteiger partial charge in [-0.05, 0) is 30.8 Å². The lowest BCUT2D eigenvalue weighted by Crippen LogP contribution is -2.39. The average molecular weight is 423 g/mol. The molecule has 0 aliphatic heterocycles. The zero-order valence-corrected chi connectivity index (χ0v) is 16.6. The second-order valence-corrected chi connectivity index (χ2v) is 7.11. The molecule has 1 aromatic carbocycles. The first-order valence-corrected chi connectivity index (χ1v) is 9.33. The van der Waals surface area contributed by atoms with Crippen LogP contribution in [0.1, 0.15) is 12.5 Å². The number of rotatable bonds is 8. The maximum absolute atomic E-state index is 12.6. The van der Waals surface area contributed by atoms with E-state index in [0.717, 1.165) is 5.56 Å². The van der Waals surface area contributed by atoms with Gasteiger partial charge in [0.2, 0.25) is 5.95 Å². The van der Waals surface area contributed by atoms with Gasteiger partial charge in [-0.15, -0.1) is 0 Å². The van der Waals surface area contributed by atoms with Gasteiger partial charge in [0.1, 0.15) is 5.52 Å². The fourth-order valence-electron chi connectivity index (χ4n) is 2.75. The highest BCUT2D eigenvalue weighted by Crippen LogP contribution is 2.22. The zero-order chi connectivity index (χ0) is 20.3. The fraction of sp³-hybridized carbons (Fsp3) is 0.278. The molecule has 0 aliphatic rings. The summed E-state index contributed by atoms with van der Waals surface area (Å²) in [6.07, 6.45) is 2.36. The van der Waals surface area contributed by atoms with Gasteiger partial charge in [-0.3, -0.25) is 14.5 Å². The van der Waals surface area contributed by atoms with E-state index < -0.39 is 6.10 Å². The highest BCUT2D eigenvalue weighted by atomic mass is 35.5. The zero-order valence-electron chi connectivity index (χ0n) is 15.1. The minimum atomic E-state index is -0.656. The van der Waals surface area contributed by atoms with Crippen molar-refractivity contribution in [3.63, 3.8) is 0 Å². The Morgan fingerprint density at radius 2 is 2.18 bits per heavy atom. The standard InChI is InChI=1S/C18H20Cl2N6O2/c1-3-21-15(10(2)27)9-26-16-14(8-23-26)24-18(25-17(16)28)22-7-11-4-5-12(19)13(20)6-11/h3-6,8,10,15,21,27H,1,7,9H2,2H3,(H2,22,24,25,28). The van der Waals surface area contributed by atoms with Gasteiger partial charge in [0.25, 0.3) is 5.56 Å². The van der Waals surface area contributed by atoms with Gasteiger partial charge in [0.15, 0.2) is 5.52 Å². The summed E-state index contributed by atoms with van der Waals surface area (Å²) in [7, 11) is 0. The van der Waals surface area contributed by atoms with Crippen LogP contribution in [0.3, 0.4) is 0 Å². The summed E-state index contributed by atoms with van der Waals surface area (Å²) >= 11 is 11.9. The molecule has 0 spiro atoms. The van der Waals surface area contributed by atoms with Gasteiger partial charge in [-0.25, -0.2) is 4.98 Å². The number of benzene rings is 1. The molecule has 0 bridgehead atoms. The van der Waals surface area contributed by atoms with Gasteiger partial charge >= 0.3 is 0 Å². The molecule has 148 valence electrons. The number of H-pyrrole nitrogens is 1. The van der Waals surface area contributed by atoms with Crippen LogP contribution in [0.15, 0.2) is 42.0 Å². The molecule has 0 amide bonds. The van der Waals surface area contributed by atoms with Crippen LogP contribution in [-0.2, 0) is 13.1 Å². The third-order valence-corrected chi connectivity index (χ3v) is 4.97. The number of aliphatic hydroxyl groups excluding tert-OH is 1. The highest BCUT2D eigenvalue weighted by molar-refractivity contribution is 6.42. The number of aliphatic hydroxyl groups is 1. The van der Waals surface area contributed by atoms with Crippen LogP contribution in [-0.4, -0.2) is 37.0 Å². The molecule has 3 aromatic rings. The molecule has 2 atom stereocenters. The van der Waals surface area contributed by atoms with Gasteiger partial charge in [0, 0.05) is 6.54 Å². The number of anilines is 1. The van der Waals surface area contributed by atoms with Crippen molar-refractivity contribution in [3.05, 3.63) is 63.1 Å². The Hall–Kier alpha value is -2.55. The Bertz CT molecular complexity index is 1050. The lowest BCUT2D eigenvalue weighted by molar-refractivity contribution is 0.141. The minimum Gasteiger partial charge on any atom is -0.391 e. The van der Waals surface area contributed by atoms with Gasteiger partial charge in [0.05, 0.1) is 34.9 Å². The van der Waals surface area contributed by atoms with Crippen LogP contribution < -0.4 is 16.2 Å². The van der Waals surface area contributed by atoms with Crippen LogP contribution in [0, 0.1) is 0 Å². The number of hydrogen-bond donors (Lipinski definition) is 4. The molecular weight excluding hydrogens is 403 g/mol. The molecule has 3 rings (SSSR count). The molecule has 4 N–H and O–H groups in total. The lowest BCUT2D eigenvalue weighted by Gasteiger charge is -2.20. The minimum absolute atomic E-state index is 0.286. The molecule has 0 aliphatic carbocycles. The van der Waals surface area contributed by atoms with E-state index in [1.54, 1.807) is 19.1 Å². The Morgan fingerprint density at radius 3 is 2.86 bits per heavy atom. The van der Waals surface area contributed by atoms with Crippen molar-refractivity contribution in [2.75, 3.05) is 5.32 Å². The third kappa shape index (κ3) is 4.46. The molecule has 0 saturated carbocycles. The summed E-state index contributed by atoms with van der Waals surface area (Å²) in [6, 6.07) is 4.94. The topological polar surface area (TPSA) is 108 Å². The normalized spacial score (nSPS) is 13.3. The van der Waals surface area contributed by atoms with Crippen LogP contribution >= 0.6 is 23.2 Å². The Labute approximate surface area is 171 Å². The predicted molar refractivity (Wildman–Crippen MR) is 111 cm³/mol. The molecule has 8 nitrogen and oxygen atoms in total. The number of aromatic nitrogens is 4. The van der Waals surface area contributed by atoms with E-state index in [4.69, 9.17) is 23.2 Å². The summed E-state index contributed by atoms with van der Waals surface area (Å²) in [6.45, 7) is 5.95. The van der Waals surface area contributed by atoms with Crippen LogP contribution in [0.25, 0.3) is 11.0 Å². The van der Waals surface area contributed by atoms with E-state index in [1.165, 1.54) is 17.1 Å². The number of halogens is 2. The second kappa shape index (κ2) is 8.64. The number of nitrogens with zero attached hydrogens (tertiary/aromatic N) is 3. The molecular formula is C18H20Cl2N6O2. The Kier molecular flexibility index (Phi) is 6.23. The van der Waals surface area contributed by atoms with Crippen LogP contribution in [0.4, 0.5) is 5.95 Å². The SMILES string of the molecule is C=CNC(Cn1ncc2nc(NCc3ccc(Cl)c(Cl)c3)[nH]c(=O)c21)C(C)O. The quantitative estimate of drug-likeness (QED) is 0.444. The lowest BCUT2D eigenvalue weighted by atomic mass is 10.2. The number of fused-ring (bicyclic) bond motifs is 1. The molecule has 2 heterocycles. The van der Waals surface area contributed by atoms with Crippen molar-refractivity contribution in [3.8, 4) is 0 Å². The van der Waals surface area contributed by atoms with E-state index in [0.29, 0.717) is 33.6 Å². The molecule has 2 unspecified atom stereocenters. The molecule has 0 saturated heterocycles. The summed E-state index contributed by atoms with van der Waals surface area (Å²) in [5.74, 6) is 0.319. The smallest absolute Gasteiger partial charge is 0.278 e. The van der Waals surface area contributed by atoms with Gasteiger partial charge in [-0.1, -0.05) is 35.8 Å². The van der Waals surface area contributed by atoms with Gasteiger partial charge < -0.3 is 15.7 Å². The maximum atomic E-state index is 12.6. The number of nitrogens with one attached hydrogen (secondary N) is 3. The van der Waals surface area contributed by atoms with Crippen molar-refractivity contribution in [1.82, 2.24) is 25.1 Å². The monoisotopic (exact) mass is 422 g/mol. The van der Waals surface area contributed by atoms with Gasteiger partial charge in [-0.2, -0.15) is 5.10 Å². The van der Waals surface area contributed by atoms with Crippen LogP contribution in [0.5, 0.6) is 0 Å². The maximum Gasteiger partial charge on any atom is 0.278 e. The predicted octanol–water partition coefficient (Wildman–Crippen LogP) is 2.52. The van der Waals surface area contributed by atoms with E-state index in [1.807, 2.05) is 6.07 Å². The first-order chi connectivity index (χ1) is 13.4. The van der Waals surface area contributed by atoms with E-state index in [2.05, 4.69) is 32.3 Å². The van der Waals surface area contributed by atoms with E-state index in [9.17, 15) is 9.90 Å². The molecule has 2 aromatic heterocycles. The number of aromatic amines is 1. The Morgan fingerprint density at radius 1 is 1.39 bits per heavy atom. The molecule has 10 heteroatoms. The first kappa shape index (κ1) is 20.2. The first-order valence-electron chi connectivity index (χ1n) is 8.57. The molecule has 28 heavy (non-hydrogen) atoms. The van der Waals surface area contributed by atoms with Crippen molar-refractivity contribution in [2.45, 2.75) is 32.2 Å². The third-order valence-electron chi connectivity index (χ3n) is 4.23. The molecule has 0 fully saturated rings. The van der Waals surface area contributed by atoms with Crippen molar-refractivity contribution >= 4 is 40.2 Å². The number of hydrogen-bond acceptors (Lipinski definition) is 6. The largest absolute Gasteiger partial charge is 0.391 e. The molecule has 0 radical (unpaired) electrons. The Balaban J connectivity index is 1.81. The summed E-state index contributed by atoms with van der Waals surface area (Å²) in [5.41, 5.74) is 1.34. The summed E-state index contributed by atoms with van der Waals surface area (Å²) < 4.78 is 1.51. The van der Waals surface area contributed by atoms with E-state index in [-0.39, 0.29) is 18.1 Å². The highest BCUT2D eigenvalue weighted by Gasteiger charge is 2.18.